The molecule has 1 amide bonds. The van der Waals surface area contributed by atoms with E-state index in [9.17, 15) is 9.59 Å². The van der Waals surface area contributed by atoms with Crippen molar-refractivity contribution in [1.29, 1.82) is 0 Å². The molecule has 2 N–H and O–H groups in total. The third-order valence-corrected chi connectivity index (χ3v) is 4.98. The number of aldehydes is 1. The van der Waals surface area contributed by atoms with Gasteiger partial charge in [-0.05, 0) is 38.3 Å². The van der Waals surface area contributed by atoms with Crippen molar-refractivity contribution in [1.82, 2.24) is 10.4 Å². The van der Waals surface area contributed by atoms with Gasteiger partial charge in [0.1, 0.15) is 18.0 Å². The highest BCUT2D eigenvalue weighted by Crippen LogP contribution is 2.30. The molecule has 3 rings (SSSR count). The van der Waals surface area contributed by atoms with E-state index in [2.05, 4.69) is 11.8 Å². The lowest BCUT2D eigenvalue weighted by Gasteiger charge is -2.38. The number of nitrogens with one attached hydrogen (secondary N) is 1. The number of ether oxygens (including phenoxy) is 2. The Labute approximate surface area is 146 Å². The lowest BCUT2D eigenvalue weighted by atomic mass is 9.94. The van der Waals surface area contributed by atoms with Crippen LogP contribution >= 0.6 is 0 Å². The number of rotatable bonds is 4. The topological polar surface area (TPSA) is 88.1 Å². The molecule has 2 aliphatic heterocycles. The SMILES string of the molecule is C[C@H]1COc2cc(C(=O)NO)ccc2CN1CC1(C=O)CCCCO1. The van der Waals surface area contributed by atoms with Gasteiger partial charge in [0.05, 0.1) is 0 Å². The van der Waals surface area contributed by atoms with Crippen LogP contribution in [0.1, 0.15) is 42.1 Å². The second-order valence-electron chi connectivity index (χ2n) is 6.82. The standard InChI is InChI=1S/C18H24N2O5/c1-13-10-24-16-8-14(17(22)19-23)4-5-15(16)9-20(13)11-18(12-21)6-2-3-7-25-18/h4-5,8,12-13,23H,2-3,6-7,9-11H2,1H3,(H,19,22)/t13-,18?/m0/s1. The van der Waals surface area contributed by atoms with E-state index < -0.39 is 11.5 Å². The monoisotopic (exact) mass is 348 g/mol. The van der Waals surface area contributed by atoms with E-state index in [1.807, 2.05) is 6.07 Å². The number of fused-ring (bicyclic) bond motifs is 1. The van der Waals surface area contributed by atoms with E-state index in [0.29, 0.717) is 37.6 Å². The summed E-state index contributed by atoms with van der Waals surface area (Å²) in [5.41, 5.74) is 2.16. The van der Waals surface area contributed by atoms with Crippen LogP contribution in [0.4, 0.5) is 0 Å². The third kappa shape index (κ3) is 3.84. The van der Waals surface area contributed by atoms with Crippen molar-refractivity contribution in [2.24, 2.45) is 0 Å². The summed E-state index contributed by atoms with van der Waals surface area (Å²) in [6.07, 6.45) is 3.67. The van der Waals surface area contributed by atoms with E-state index in [0.717, 1.165) is 31.1 Å². The number of hydrogen-bond donors (Lipinski definition) is 2. The van der Waals surface area contributed by atoms with Gasteiger partial charge in [0.2, 0.25) is 0 Å². The molecule has 0 saturated carbocycles. The number of carbonyl (C=O) groups is 2. The van der Waals surface area contributed by atoms with Crippen LogP contribution in [0.25, 0.3) is 0 Å². The fourth-order valence-electron chi connectivity index (χ4n) is 3.40. The Morgan fingerprint density at radius 3 is 3.00 bits per heavy atom. The smallest absolute Gasteiger partial charge is 0.274 e. The number of hydrogen-bond acceptors (Lipinski definition) is 6. The Kier molecular flexibility index (Phi) is 5.36. The van der Waals surface area contributed by atoms with Gasteiger partial charge >= 0.3 is 0 Å². The molecule has 2 atom stereocenters. The summed E-state index contributed by atoms with van der Waals surface area (Å²) in [6.45, 7) is 4.25. The van der Waals surface area contributed by atoms with Crippen LogP contribution in [0.15, 0.2) is 18.2 Å². The number of nitrogens with zero attached hydrogens (tertiary/aromatic N) is 1. The first-order chi connectivity index (χ1) is 12.1. The van der Waals surface area contributed by atoms with Crippen molar-refractivity contribution in [3.8, 4) is 5.75 Å². The molecule has 1 fully saturated rings. The molecule has 7 heteroatoms. The minimum Gasteiger partial charge on any atom is -0.492 e. The summed E-state index contributed by atoms with van der Waals surface area (Å²) in [7, 11) is 0. The van der Waals surface area contributed by atoms with Crippen LogP contribution in [0.2, 0.25) is 0 Å². The van der Waals surface area contributed by atoms with Crippen molar-refractivity contribution in [2.45, 2.75) is 44.4 Å². The van der Waals surface area contributed by atoms with Gasteiger partial charge in [-0.1, -0.05) is 6.07 Å². The molecule has 0 bridgehead atoms. The maximum absolute atomic E-state index is 11.7. The van der Waals surface area contributed by atoms with Crippen molar-refractivity contribution in [2.75, 3.05) is 19.8 Å². The number of carbonyl (C=O) groups excluding carboxylic acids is 2. The zero-order valence-corrected chi connectivity index (χ0v) is 14.4. The predicted octanol–water partition coefficient (Wildman–Crippen LogP) is 1.53. The first-order valence-electron chi connectivity index (χ1n) is 8.61. The molecule has 0 aliphatic carbocycles. The minimum atomic E-state index is -0.742. The van der Waals surface area contributed by atoms with E-state index in [1.165, 1.54) is 0 Å². The van der Waals surface area contributed by atoms with E-state index >= 15 is 0 Å². The fourth-order valence-corrected chi connectivity index (χ4v) is 3.40. The van der Waals surface area contributed by atoms with Gasteiger partial charge in [-0.2, -0.15) is 0 Å². The molecule has 0 spiro atoms. The maximum atomic E-state index is 11.7. The molecule has 136 valence electrons. The van der Waals surface area contributed by atoms with Crippen LogP contribution in [0, 0.1) is 0 Å². The van der Waals surface area contributed by atoms with Crippen molar-refractivity contribution in [3.63, 3.8) is 0 Å². The van der Waals surface area contributed by atoms with Crippen LogP contribution in [0.3, 0.4) is 0 Å². The first-order valence-corrected chi connectivity index (χ1v) is 8.61. The molecule has 0 radical (unpaired) electrons. The molecule has 1 unspecified atom stereocenters. The number of amides is 1. The van der Waals surface area contributed by atoms with E-state index in [4.69, 9.17) is 14.7 Å². The summed E-state index contributed by atoms with van der Waals surface area (Å²) < 4.78 is 11.7. The van der Waals surface area contributed by atoms with Crippen LogP contribution in [-0.4, -0.2) is 53.7 Å². The van der Waals surface area contributed by atoms with Crippen molar-refractivity contribution in [3.05, 3.63) is 29.3 Å². The van der Waals surface area contributed by atoms with Crippen molar-refractivity contribution < 1.29 is 24.3 Å². The molecule has 25 heavy (non-hydrogen) atoms. The molecular weight excluding hydrogens is 324 g/mol. The Hall–Kier alpha value is -1.96. The highest BCUT2D eigenvalue weighted by Gasteiger charge is 2.37. The van der Waals surface area contributed by atoms with Gasteiger partial charge in [0, 0.05) is 36.9 Å². The van der Waals surface area contributed by atoms with Crippen LogP contribution in [-0.2, 0) is 16.1 Å². The van der Waals surface area contributed by atoms with Crippen LogP contribution in [0.5, 0.6) is 5.75 Å². The molecule has 2 aliphatic rings. The highest BCUT2D eigenvalue weighted by atomic mass is 16.5. The predicted molar refractivity (Wildman–Crippen MR) is 89.7 cm³/mol. The average molecular weight is 348 g/mol. The molecule has 0 aromatic heterocycles. The summed E-state index contributed by atoms with van der Waals surface area (Å²) in [4.78, 5) is 25.5. The Morgan fingerprint density at radius 2 is 2.32 bits per heavy atom. The lowest BCUT2D eigenvalue weighted by Crippen LogP contribution is -2.51. The van der Waals surface area contributed by atoms with Crippen molar-refractivity contribution >= 4 is 12.2 Å². The van der Waals surface area contributed by atoms with Gasteiger partial charge in [0.15, 0.2) is 6.29 Å². The molecule has 1 aromatic rings. The van der Waals surface area contributed by atoms with Gasteiger partial charge in [-0.3, -0.25) is 14.9 Å². The second-order valence-corrected chi connectivity index (χ2v) is 6.82. The normalized spacial score (nSPS) is 26.9. The summed E-state index contributed by atoms with van der Waals surface area (Å²) in [6, 6.07) is 5.20. The zero-order valence-electron chi connectivity index (χ0n) is 14.4. The van der Waals surface area contributed by atoms with Crippen LogP contribution < -0.4 is 10.2 Å². The van der Waals surface area contributed by atoms with Gasteiger partial charge in [0.25, 0.3) is 5.91 Å². The maximum Gasteiger partial charge on any atom is 0.274 e. The van der Waals surface area contributed by atoms with E-state index in [1.54, 1.807) is 17.6 Å². The Morgan fingerprint density at radius 1 is 1.48 bits per heavy atom. The molecular formula is C18H24N2O5. The van der Waals surface area contributed by atoms with Gasteiger partial charge < -0.3 is 14.3 Å². The fraction of sp³-hybridized carbons (Fsp3) is 0.556. The molecule has 2 heterocycles. The molecule has 1 aromatic carbocycles. The molecule has 7 nitrogen and oxygen atoms in total. The largest absolute Gasteiger partial charge is 0.492 e. The Bertz CT molecular complexity index is 642. The third-order valence-electron chi connectivity index (χ3n) is 4.98. The zero-order chi connectivity index (χ0) is 17.9. The average Bonchev–Trinajstić information content (AvgIpc) is 2.80. The first kappa shape index (κ1) is 17.8. The summed E-state index contributed by atoms with van der Waals surface area (Å²) in [5.74, 6) is 0.0521. The molecule has 1 saturated heterocycles. The van der Waals surface area contributed by atoms with E-state index in [-0.39, 0.29) is 6.04 Å². The van der Waals surface area contributed by atoms with Gasteiger partial charge in [-0.15, -0.1) is 0 Å². The number of benzene rings is 1. The summed E-state index contributed by atoms with van der Waals surface area (Å²) >= 11 is 0. The summed E-state index contributed by atoms with van der Waals surface area (Å²) in [5, 5.41) is 8.77. The van der Waals surface area contributed by atoms with Gasteiger partial charge in [-0.25, -0.2) is 5.48 Å². The lowest BCUT2D eigenvalue weighted by molar-refractivity contribution is -0.143. The quantitative estimate of drug-likeness (QED) is 0.487. The Balaban J connectivity index is 1.80. The number of hydroxylamine groups is 1. The second kappa shape index (κ2) is 7.51. The highest BCUT2D eigenvalue weighted by molar-refractivity contribution is 5.93. The minimum absolute atomic E-state index is 0.102.